The lowest BCUT2D eigenvalue weighted by molar-refractivity contribution is -0.0512. The number of hydrogen-bond acceptors (Lipinski definition) is 3. The van der Waals surface area contributed by atoms with E-state index in [0.29, 0.717) is 12.0 Å². The summed E-state index contributed by atoms with van der Waals surface area (Å²) in [6.07, 6.45) is 5.62. The van der Waals surface area contributed by atoms with Crippen molar-refractivity contribution >= 4 is 5.97 Å². The zero-order valence-electron chi connectivity index (χ0n) is 12.8. The van der Waals surface area contributed by atoms with Gasteiger partial charge in [0.2, 0.25) is 0 Å². The van der Waals surface area contributed by atoms with E-state index in [1.807, 2.05) is 19.9 Å². The standard InChI is InChI=1S/C18H24O3/c1-14(2)7-6-12-18(20,16-10-11-16)13-21-17(19)15-8-4-3-5-9-15/h3-5,7-9,16,20H,6,10-13H2,1-2H3. The Bertz CT molecular complexity index is 498. The number of carbonyl (C=O) groups is 1. The fraction of sp³-hybridized carbons (Fsp3) is 0.500. The lowest BCUT2D eigenvalue weighted by Crippen LogP contribution is -2.38. The largest absolute Gasteiger partial charge is 0.459 e. The van der Waals surface area contributed by atoms with Gasteiger partial charge in [-0.25, -0.2) is 4.79 Å². The Hall–Kier alpha value is -1.61. The summed E-state index contributed by atoms with van der Waals surface area (Å²) in [4.78, 5) is 12.0. The number of hydrogen-bond donors (Lipinski definition) is 1. The van der Waals surface area contributed by atoms with Crippen LogP contribution >= 0.6 is 0 Å². The Balaban J connectivity index is 1.91. The molecule has 114 valence electrons. The van der Waals surface area contributed by atoms with Crippen molar-refractivity contribution in [3.05, 3.63) is 47.5 Å². The molecule has 1 aromatic rings. The molecule has 2 rings (SSSR count). The van der Waals surface area contributed by atoms with Crippen molar-refractivity contribution in [2.45, 2.75) is 45.1 Å². The van der Waals surface area contributed by atoms with Crippen LogP contribution in [0, 0.1) is 5.92 Å². The first-order valence-corrected chi connectivity index (χ1v) is 7.59. The first-order valence-electron chi connectivity index (χ1n) is 7.59. The van der Waals surface area contributed by atoms with Crippen LogP contribution in [0.15, 0.2) is 42.0 Å². The van der Waals surface area contributed by atoms with Crippen LogP contribution in [-0.4, -0.2) is 23.3 Å². The smallest absolute Gasteiger partial charge is 0.338 e. The highest BCUT2D eigenvalue weighted by atomic mass is 16.5. The molecule has 1 fully saturated rings. The second kappa shape index (κ2) is 6.90. The lowest BCUT2D eigenvalue weighted by Gasteiger charge is -2.27. The summed E-state index contributed by atoms with van der Waals surface area (Å²) >= 11 is 0. The molecule has 1 unspecified atom stereocenters. The summed E-state index contributed by atoms with van der Waals surface area (Å²) in [6.45, 7) is 4.18. The molecule has 0 aliphatic heterocycles. The fourth-order valence-electron chi connectivity index (χ4n) is 2.47. The van der Waals surface area contributed by atoms with E-state index < -0.39 is 5.60 Å². The molecule has 3 nitrogen and oxygen atoms in total. The van der Waals surface area contributed by atoms with E-state index >= 15 is 0 Å². The summed E-state index contributed by atoms with van der Waals surface area (Å²) in [5.74, 6) is -0.0940. The molecule has 1 N–H and O–H groups in total. The maximum absolute atomic E-state index is 12.0. The Morgan fingerprint density at radius 2 is 2.00 bits per heavy atom. The van der Waals surface area contributed by atoms with E-state index in [-0.39, 0.29) is 18.5 Å². The van der Waals surface area contributed by atoms with Gasteiger partial charge in [0.25, 0.3) is 0 Å². The monoisotopic (exact) mass is 288 g/mol. The molecule has 1 atom stereocenters. The number of esters is 1. The van der Waals surface area contributed by atoms with E-state index in [1.54, 1.807) is 24.3 Å². The van der Waals surface area contributed by atoms with Gasteiger partial charge in [0.15, 0.2) is 0 Å². The van der Waals surface area contributed by atoms with Gasteiger partial charge >= 0.3 is 5.97 Å². The molecule has 1 saturated carbocycles. The highest BCUT2D eigenvalue weighted by Crippen LogP contribution is 2.42. The van der Waals surface area contributed by atoms with Gasteiger partial charge in [-0.1, -0.05) is 29.8 Å². The molecule has 0 saturated heterocycles. The number of allylic oxidation sites excluding steroid dienone is 2. The quantitative estimate of drug-likeness (QED) is 0.614. The molecule has 1 aliphatic rings. The van der Waals surface area contributed by atoms with E-state index in [4.69, 9.17) is 4.74 Å². The highest BCUT2D eigenvalue weighted by Gasteiger charge is 2.44. The van der Waals surface area contributed by atoms with Gasteiger partial charge < -0.3 is 9.84 Å². The second-order valence-corrected chi connectivity index (χ2v) is 6.14. The lowest BCUT2D eigenvalue weighted by atomic mass is 9.92. The molecule has 0 aromatic heterocycles. The number of ether oxygens (including phenoxy) is 1. The van der Waals surface area contributed by atoms with Crippen LogP contribution in [0.4, 0.5) is 0 Å². The Morgan fingerprint density at radius 1 is 1.33 bits per heavy atom. The van der Waals surface area contributed by atoms with Gasteiger partial charge in [-0.2, -0.15) is 0 Å². The van der Waals surface area contributed by atoms with Gasteiger partial charge in [0.05, 0.1) is 5.56 Å². The maximum Gasteiger partial charge on any atom is 0.338 e. The van der Waals surface area contributed by atoms with Crippen molar-refractivity contribution in [1.82, 2.24) is 0 Å². The summed E-state index contributed by atoms with van der Waals surface area (Å²) in [6, 6.07) is 8.91. The van der Waals surface area contributed by atoms with Crippen LogP contribution in [0.2, 0.25) is 0 Å². The van der Waals surface area contributed by atoms with Crippen LogP contribution < -0.4 is 0 Å². The van der Waals surface area contributed by atoms with E-state index in [2.05, 4.69) is 6.08 Å². The van der Waals surface area contributed by atoms with Crippen LogP contribution in [-0.2, 0) is 4.74 Å². The van der Waals surface area contributed by atoms with Crippen LogP contribution in [0.1, 0.15) is 49.9 Å². The average Bonchev–Trinajstić information content (AvgIpc) is 3.30. The molecular weight excluding hydrogens is 264 g/mol. The first kappa shape index (κ1) is 15.8. The van der Waals surface area contributed by atoms with Crippen molar-refractivity contribution in [2.75, 3.05) is 6.61 Å². The number of aliphatic hydroxyl groups is 1. The predicted octanol–water partition coefficient (Wildman–Crippen LogP) is 3.73. The number of carbonyl (C=O) groups excluding carboxylic acids is 1. The minimum atomic E-state index is -0.879. The molecular formula is C18H24O3. The van der Waals surface area contributed by atoms with Gasteiger partial charge in [-0.3, -0.25) is 0 Å². The van der Waals surface area contributed by atoms with Crippen LogP contribution in [0.5, 0.6) is 0 Å². The van der Waals surface area contributed by atoms with E-state index in [9.17, 15) is 9.90 Å². The van der Waals surface area contributed by atoms with Gasteiger partial charge in [-0.05, 0) is 57.6 Å². The summed E-state index contributed by atoms with van der Waals surface area (Å²) < 4.78 is 5.34. The molecule has 0 spiro atoms. The molecule has 1 aromatic carbocycles. The zero-order chi connectivity index (χ0) is 15.3. The zero-order valence-corrected chi connectivity index (χ0v) is 12.8. The first-order chi connectivity index (χ1) is 10.0. The molecule has 21 heavy (non-hydrogen) atoms. The van der Waals surface area contributed by atoms with Crippen LogP contribution in [0.3, 0.4) is 0 Å². The third-order valence-electron chi connectivity index (χ3n) is 3.93. The third kappa shape index (κ3) is 4.71. The third-order valence-corrected chi connectivity index (χ3v) is 3.93. The molecule has 0 radical (unpaired) electrons. The summed E-state index contributed by atoms with van der Waals surface area (Å²) in [5, 5.41) is 10.8. The van der Waals surface area contributed by atoms with Crippen molar-refractivity contribution in [3.8, 4) is 0 Å². The fourth-order valence-corrected chi connectivity index (χ4v) is 2.47. The summed E-state index contributed by atoms with van der Waals surface area (Å²) in [7, 11) is 0. The number of benzene rings is 1. The normalized spacial score (nSPS) is 16.9. The van der Waals surface area contributed by atoms with Gasteiger partial charge in [0.1, 0.15) is 12.2 Å². The second-order valence-electron chi connectivity index (χ2n) is 6.14. The minimum Gasteiger partial charge on any atom is -0.459 e. The van der Waals surface area contributed by atoms with Gasteiger partial charge in [-0.15, -0.1) is 0 Å². The maximum atomic E-state index is 12.0. The average molecular weight is 288 g/mol. The molecule has 0 amide bonds. The Morgan fingerprint density at radius 3 is 2.57 bits per heavy atom. The van der Waals surface area contributed by atoms with Gasteiger partial charge in [0, 0.05) is 0 Å². The minimum absolute atomic E-state index is 0.0853. The number of rotatable bonds is 7. The molecule has 0 heterocycles. The Labute approximate surface area is 126 Å². The van der Waals surface area contributed by atoms with Crippen molar-refractivity contribution in [2.24, 2.45) is 5.92 Å². The SMILES string of the molecule is CC(C)=CCCC(O)(COC(=O)c1ccccc1)C1CC1. The predicted molar refractivity (Wildman–Crippen MR) is 83.1 cm³/mol. The molecule has 1 aliphatic carbocycles. The highest BCUT2D eigenvalue weighted by molar-refractivity contribution is 5.89. The topological polar surface area (TPSA) is 46.5 Å². The van der Waals surface area contributed by atoms with E-state index in [1.165, 1.54) is 5.57 Å². The Kier molecular flexibility index (Phi) is 5.18. The van der Waals surface area contributed by atoms with Crippen molar-refractivity contribution < 1.29 is 14.6 Å². The van der Waals surface area contributed by atoms with Crippen LogP contribution in [0.25, 0.3) is 0 Å². The summed E-state index contributed by atoms with van der Waals surface area (Å²) in [5.41, 5.74) is 0.894. The van der Waals surface area contributed by atoms with Crippen molar-refractivity contribution in [3.63, 3.8) is 0 Å². The molecule has 0 bridgehead atoms. The molecule has 3 heteroatoms. The van der Waals surface area contributed by atoms with Crippen molar-refractivity contribution in [1.29, 1.82) is 0 Å². The van der Waals surface area contributed by atoms with E-state index in [0.717, 1.165) is 19.3 Å².